The lowest BCUT2D eigenvalue weighted by Gasteiger charge is -2.07. The highest BCUT2D eigenvalue weighted by molar-refractivity contribution is 5.57. The van der Waals surface area contributed by atoms with Gasteiger partial charge < -0.3 is 18.9 Å². The van der Waals surface area contributed by atoms with Gasteiger partial charge in [0, 0.05) is 65.9 Å². The van der Waals surface area contributed by atoms with Crippen molar-refractivity contribution >= 4 is 6.21 Å². The lowest BCUT2D eigenvalue weighted by atomic mass is 10.2. The summed E-state index contributed by atoms with van der Waals surface area (Å²) in [6.45, 7) is 9.86. The molecule has 0 amide bonds. The Balaban J connectivity index is 3.01. The van der Waals surface area contributed by atoms with Crippen molar-refractivity contribution in [2.45, 2.75) is 77.6 Å². The van der Waals surface area contributed by atoms with E-state index in [1.54, 1.807) is 7.11 Å². The molecule has 0 bridgehead atoms. The Morgan fingerprint density at radius 2 is 1.06 bits per heavy atom. The van der Waals surface area contributed by atoms with E-state index in [-0.39, 0.29) is 0 Å². The molecule has 0 aliphatic heterocycles. The van der Waals surface area contributed by atoms with Crippen LogP contribution >= 0.6 is 0 Å². The Morgan fingerprint density at radius 3 is 1.65 bits per heavy atom. The molecule has 186 valence electrons. The van der Waals surface area contributed by atoms with E-state index in [0.29, 0.717) is 13.2 Å². The molecule has 0 rings (SSSR count). The second-order valence-corrected chi connectivity index (χ2v) is 7.53. The molecule has 0 fully saturated rings. The fourth-order valence-corrected chi connectivity index (χ4v) is 2.63. The first-order valence-corrected chi connectivity index (χ1v) is 12.4. The number of hydrogen-bond donors (Lipinski definition) is 0. The van der Waals surface area contributed by atoms with Crippen LogP contribution in [0.15, 0.2) is 4.99 Å². The van der Waals surface area contributed by atoms with E-state index in [4.69, 9.17) is 28.7 Å². The lowest BCUT2D eigenvalue weighted by Crippen LogP contribution is -2.05. The first-order valence-electron chi connectivity index (χ1n) is 12.4. The molecule has 0 aromatic rings. The van der Waals surface area contributed by atoms with E-state index < -0.39 is 0 Å². The summed E-state index contributed by atoms with van der Waals surface area (Å²) in [5.74, 6) is 0. The van der Waals surface area contributed by atoms with Crippen LogP contribution in [-0.4, -0.2) is 79.3 Å². The predicted molar refractivity (Wildman–Crippen MR) is 126 cm³/mol. The van der Waals surface area contributed by atoms with Gasteiger partial charge in [0.1, 0.15) is 0 Å². The van der Waals surface area contributed by atoms with Crippen LogP contribution in [0.25, 0.3) is 0 Å². The van der Waals surface area contributed by atoms with E-state index in [9.17, 15) is 0 Å². The zero-order valence-corrected chi connectivity index (χ0v) is 20.3. The second-order valence-electron chi connectivity index (χ2n) is 7.53. The van der Waals surface area contributed by atoms with Gasteiger partial charge in [-0.2, -0.15) is 0 Å². The highest BCUT2D eigenvalue weighted by Crippen LogP contribution is 2.00. The molecule has 0 aliphatic rings. The number of aliphatic imine (C=N–C) groups is 1. The van der Waals surface area contributed by atoms with Crippen LogP contribution in [-0.2, 0) is 28.7 Å². The first-order chi connectivity index (χ1) is 15.4. The molecule has 0 atom stereocenters. The van der Waals surface area contributed by atoms with Gasteiger partial charge in [0.15, 0.2) is 0 Å². The van der Waals surface area contributed by atoms with E-state index >= 15 is 0 Å². The minimum absolute atomic E-state index is 0.603. The van der Waals surface area contributed by atoms with E-state index in [0.717, 1.165) is 117 Å². The fourth-order valence-electron chi connectivity index (χ4n) is 2.63. The average Bonchev–Trinajstić information content (AvgIpc) is 2.78. The topological polar surface area (TPSA) is 67.7 Å². The van der Waals surface area contributed by atoms with E-state index in [2.05, 4.69) is 11.9 Å². The molecule has 0 saturated heterocycles. The van der Waals surface area contributed by atoms with Crippen molar-refractivity contribution in [1.82, 2.24) is 0 Å². The zero-order chi connectivity index (χ0) is 22.5. The minimum atomic E-state index is 0.603. The summed E-state index contributed by atoms with van der Waals surface area (Å²) in [6.07, 6.45) is 13.6. The number of methoxy groups -OCH3 is 1. The monoisotopic (exact) mass is 447 g/mol. The molecule has 0 aromatic heterocycles. The Kier molecular flexibility index (Phi) is 28.9. The molecule has 0 N–H and O–H groups in total. The normalized spacial score (nSPS) is 11.7. The minimum Gasteiger partial charge on any atom is -0.384 e. The Morgan fingerprint density at radius 1 is 0.548 bits per heavy atom. The summed E-state index contributed by atoms with van der Waals surface area (Å²) in [6, 6.07) is 0. The summed E-state index contributed by atoms with van der Waals surface area (Å²) in [4.78, 5) is 14.5. The van der Waals surface area contributed by atoms with Gasteiger partial charge in [-0.25, -0.2) is 9.78 Å². The lowest BCUT2D eigenvalue weighted by molar-refractivity contribution is -0.296. The molecule has 0 spiro atoms. The van der Waals surface area contributed by atoms with Crippen LogP contribution in [0.3, 0.4) is 0 Å². The van der Waals surface area contributed by atoms with Gasteiger partial charge in [-0.1, -0.05) is 13.3 Å². The molecule has 0 aliphatic carbocycles. The largest absolute Gasteiger partial charge is 0.384 e. The van der Waals surface area contributed by atoms with Gasteiger partial charge >= 0.3 is 0 Å². The standard InChI is InChI=1S/C24H49NO6/c1-3-4-23-30-31-24-13-22-29-19-10-6-9-18-28-21-12-20-27-17-8-5-7-14-25-15-11-16-26-2/h15H,3-14,16-24H2,1-2H3. The summed E-state index contributed by atoms with van der Waals surface area (Å²) in [5, 5.41) is 0. The zero-order valence-electron chi connectivity index (χ0n) is 20.3. The SMILES string of the molecule is CCCCOOCCCOCCCCCOCCCOCCCCCN=CCCOC. The number of ether oxygens (including phenoxy) is 4. The molecule has 0 saturated carbocycles. The van der Waals surface area contributed by atoms with Crippen LogP contribution in [0.5, 0.6) is 0 Å². The average molecular weight is 448 g/mol. The van der Waals surface area contributed by atoms with Crippen molar-refractivity contribution in [3.05, 3.63) is 0 Å². The van der Waals surface area contributed by atoms with Crippen LogP contribution in [0, 0.1) is 0 Å². The maximum Gasteiger partial charge on any atom is 0.0844 e. The molecule has 0 unspecified atom stereocenters. The Hall–Kier alpha value is -0.570. The van der Waals surface area contributed by atoms with Gasteiger partial charge in [-0.15, -0.1) is 0 Å². The van der Waals surface area contributed by atoms with Crippen molar-refractivity contribution < 1.29 is 28.7 Å². The third kappa shape index (κ3) is 29.4. The quantitative estimate of drug-likeness (QED) is 0.0763. The van der Waals surface area contributed by atoms with E-state index in [1.165, 1.54) is 6.42 Å². The van der Waals surface area contributed by atoms with Gasteiger partial charge in [0.2, 0.25) is 0 Å². The van der Waals surface area contributed by atoms with Crippen LogP contribution in [0.1, 0.15) is 77.6 Å². The maximum atomic E-state index is 5.66. The smallest absolute Gasteiger partial charge is 0.0844 e. The van der Waals surface area contributed by atoms with Gasteiger partial charge in [-0.05, 0) is 57.8 Å². The highest BCUT2D eigenvalue weighted by atomic mass is 17.2. The van der Waals surface area contributed by atoms with Crippen molar-refractivity contribution in [2.24, 2.45) is 4.99 Å². The molecule has 7 nitrogen and oxygen atoms in total. The number of nitrogens with zero attached hydrogens (tertiary/aromatic N) is 1. The number of unbranched alkanes of at least 4 members (excludes halogenated alkanes) is 5. The van der Waals surface area contributed by atoms with Crippen LogP contribution < -0.4 is 0 Å². The number of hydrogen-bond acceptors (Lipinski definition) is 7. The molecular weight excluding hydrogens is 398 g/mol. The first kappa shape index (κ1) is 30.4. The molecule has 0 heterocycles. The number of rotatable bonds is 27. The maximum absolute atomic E-state index is 5.66. The molecular formula is C24H49NO6. The van der Waals surface area contributed by atoms with Crippen molar-refractivity contribution in [3.8, 4) is 0 Å². The van der Waals surface area contributed by atoms with Crippen molar-refractivity contribution in [1.29, 1.82) is 0 Å². The molecule has 7 heteroatoms. The predicted octanol–water partition coefficient (Wildman–Crippen LogP) is 5.01. The highest BCUT2D eigenvalue weighted by Gasteiger charge is 1.95. The van der Waals surface area contributed by atoms with E-state index in [1.807, 2.05) is 6.21 Å². The fraction of sp³-hybridized carbons (Fsp3) is 0.958. The second kappa shape index (κ2) is 29.4. The Labute approximate surface area is 191 Å². The molecule has 31 heavy (non-hydrogen) atoms. The molecule has 0 aromatic carbocycles. The summed E-state index contributed by atoms with van der Waals surface area (Å²) in [7, 11) is 1.71. The van der Waals surface area contributed by atoms with Crippen molar-refractivity contribution in [2.75, 3.05) is 73.1 Å². The van der Waals surface area contributed by atoms with Gasteiger partial charge in [0.25, 0.3) is 0 Å². The third-order valence-electron chi connectivity index (χ3n) is 4.49. The Bertz CT molecular complexity index is 344. The van der Waals surface area contributed by atoms with Gasteiger partial charge in [-0.3, -0.25) is 4.99 Å². The summed E-state index contributed by atoms with van der Waals surface area (Å²) in [5.41, 5.74) is 0. The van der Waals surface area contributed by atoms with Gasteiger partial charge in [0.05, 0.1) is 19.8 Å². The van der Waals surface area contributed by atoms with Crippen LogP contribution in [0.4, 0.5) is 0 Å². The van der Waals surface area contributed by atoms with Crippen molar-refractivity contribution in [3.63, 3.8) is 0 Å². The summed E-state index contributed by atoms with van der Waals surface area (Å²) >= 11 is 0. The third-order valence-corrected chi connectivity index (χ3v) is 4.49. The summed E-state index contributed by atoms with van der Waals surface area (Å²) < 4.78 is 21.9. The molecule has 0 radical (unpaired) electrons. The van der Waals surface area contributed by atoms with Crippen LogP contribution in [0.2, 0.25) is 0 Å².